The van der Waals surface area contributed by atoms with E-state index in [2.05, 4.69) is 5.32 Å². The van der Waals surface area contributed by atoms with Gasteiger partial charge in [-0.05, 0) is 12.5 Å². The van der Waals surface area contributed by atoms with Crippen LogP contribution in [0.15, 0.2) is 30.5 Å². The summed E-state index contributed by atoms with van der Waals surface area (Å²) in [4.78, 5) is 22.9. The molecule has 5 nitrogen and oxygen atoms in total. The van der Waals surface area contributed by atoms with Gasteiger partial charge in [0.2, 0.25) is 0 Å². The molecule has 0 unspecified atom stereocenters. The lowest BCUT2D eigenvalue weighted by Crippen LogP contribution is -2.23. The lowest BCUT2D eigenvalue weighted by atomic mass is 10.1. The molecule has 0 saturated carbocycles. The van der Waals surface area contributed by atoms with Gasteiger partial charge in [0, 0.05) is 23.6 Å². The second kappa shape index (κ2) is 5.56. The zero-order chi connectivity index (χ0) is 13.8. The van der Waals surface area contributed by atoms with Gasteiger partial charge < -0.3 is 15.0 Å². The Labute approximate surface area is 110 Å². The first-order chi connectivity index (χ1) is 9.13. The summed E-state index contributed by atoms with van der Waals surface area (Å²) in [7, 11) is 0. The quantitative estimate of drug-likeness (QED) is 0.862. The number of nitrogens with one attached hydrogen (secondary N) is 1. The summed E-state index contributed by atoms with van der Waals surface area (Å²) in [6, 6.07) is 7.31. The Balaban J connectivity index is 2.43. The van der Waals surface area contributed by atoms with Gasteiger partial charge in [-0.3, -0.25) is 9.59 Å². The molecule has 100 valence electrons. The summed E-state index contributed by atoms with van der Waals surface area (Å²) in [5, 5.41) is 12.5. The van der Waals surface area contributed by atoms with Crippen LogP contribution < -0.4 is 5.32 Å². The van der Waals surface area contributed by atoms with Gasteiger partial charge in [0.05, 0.1) is 5.56 Å². The molecule has 0 aliphatic carbocycles. The number of nitrogens with zero attached hydrogens (tertiary/aromatic N) is 1. The molecule has 0 bridgehead atoms. The fourth-order valence-electron chi connectivity index (χ4n) is 2.04. The first-order valence-electron chi connectivity index (χ1n) is 6.21. The third kappa shape index (κ3) is 2.76. The number of amides is 1. The van der Waals surface area contributed by atoms with E-state index in [9.17, 15) is 9.59 Å². The van der Waals surface area contributed by atoms with Gasteiger partial charge in [0.1, 0.15) is 6.54 Å². The molecule has 2 N–H and O–H groups in total. The van der Waals surface area contributed by atoms with Crippen LogP contribution in [0.1, 0.15) is 23.7 Å². The van der Waals surface area contributed by atoms with E-state index >= 15 is 0 Å². The molecule has 5 heteroatoms. The number of carbonyl (C=O) groups is 2. The molecule has 0 spiro atoms. The number of rotatable bonds is 5. The van der Waals surface area contributed by atoms with Crippen LogP contribution in [0.5, 0.6) is 0 Å². The summed E-state index contributed by atoms with van der Waals surface area (Å²) in [5.74, 6) is -1.09. The Bertz CT molecular complexity index is 616. The van der Waals surface area contributed by atoms with Crippen molar-refractivity contribution >= 4 is 22.8 Å². The Hall–Kier alpha value is -2.30. The molecule has 1 aromatic heterocycles. The van der Waals surface area contributed by atoms with Crippen LogP contribution in [0.3, 0.4) is 0 Å². The van der Waals surface area contributed by atoms with Crippen LogP contribution in [-0.2, 0) is 11.3 Å². The third-order valence-electron chi connectivity index (χ3n) is 2.87. The van der Waals surface area contributed by atoms with Gasteiger partial charge in [0.25, 0.3) is 5.91 Å². The van der Waals surface area contributed by atoms with Gasteiger partial charge >= 0.3 is 5.97 Å². The normalized spacial score (nSPS) is 10.6. The number of carboxylic acids is 1. The second-order valence-corrected chi connectivity index (χ2v) is 4.34. The lowest BCUT2D eigenvalue weighted by molar-refractivity contribution is -0.137. The maximum absolute atomic E-state index is 12.0. The minimum absolute atomic E-state index is 0.151. The zero-order valence-corrected chi connectivity index (χ0v) is 10.7. The van der Waals surface area contributed by atoms with E-state index in [1.807, 2.05) is 31.2 Å². The monoisotopic (exact) mass is 260 g/mol. The molecule has 0 fully saturated rings. The van der Waals surface area contributed by atoms with Gasteiger partial charge in [-0.25, -0.2) is 0 Å². The predicted octanol–water partition coefficient (Wildman–Crippen LogP) is 1.87. The number of hydrogen-bond acceptors (Lipinski definition) is 2. The average molecular weight is 260 g/mol. The molecule has 2 aromatic rings. The summed E-state index contributed by atoms with van der Waals surface area (Å²) >= 11 is 0. The third-order valence-corrected chi connectivity index (χ3v) is 2.87. The molecule has 0 aliphatic rings. The van der Waals surface area contributed by atoms with E-state index in [1.165, 1.54) is 0 Å². The van der Waals surface area contributed by atoms with Crippen molar-refractivity contribution in [3.63, 3.8) is 0 Å². The van der Waals surface area contributed by atoms with Crippen LogP contribution in [-0.4, -0.2) is 28.1 Å². The standard InChI is InChI=1S/C14H16N2O3/c1-2-7-15-14(19)11-8-16(9-13(17)18)12-6-4-3-5-10(11)12/h3-6,8H,2,7,9H2,1H3,(H,15,19)(H,17,18). The fraction of sp³-hybridized carbons (Fsp3) is 0.286. The summed E-state index contributed by atoms with van der Waals surface area (Å²) in [6.07, 6.45) is 2.46. The van der Waals surface area contributed by atoms with E-state index in [-0.39, 0.29) is 12.5 Å². The molecular formula is C14H16N2O3. The first-order valence-corrected chi connectivity index (χ1v) is 6.21. The number of carboxylic acid groups (broad SMARTS) is 1. The smallest absolute Gasteiger partial charge is 0.323 e. The minimum Gasteiger partial charge on any atom is -0.480 e. The molecule has 0 saturated heterocycles. The van der Waals surface area contributed by atoms with Crippen molar-refractivity contribution in [1.29, 1.82) is 0 Å². The lowest BCUT2D eigenvalue weighted by Gasteiger charge is -2.01. The Kier molecular flexibility index (Phi) is 3.85. The molecule has 0 atom stereocenters. The highest BCUT2D eigenvalue weighted by atomic mass is 16.4. The topological polar surface area (TPSA) is 71.3 Å². The largest absolute Gasteiger partial charge is 0.480 e. The molecule has 1 amide bonds. The zero-order valence-electron chi connectivity index (χ0n) is 10.7. The molecular weight excluding hydrogens is 244 g/mol. The number of benzene rings is 1. The molecule has 19 heavy (non-hydrogen) atoms. The molecule has 0 radical (unpaired) electrons. The SMILES string of the molecule is CCCNC(=O)c1cn(CC(=O)O)c2ccccc12. The predicted molar refractivity (Wildman–Crippen MR) is 72.2 cm³/mol. The molecule has 2 rings (SSSR count). The van der Waals surface area contributed by atoms with Crippen molar-refractivity contribution in [3.8, 4) is 0 Å². The molecule has 1 aromatic carbocycles. The van der Waals surface area contributed by atoms with Gasteiger partial charge in [-0.2, -0.15) is 0 Å². The Morgan fingerprint density at radius 3 is 2.74 bits per heavy atom. The minimum atomic E-state index is -0.929. The van der Waals surface area contributed by atoms with Crippen LogP contribution in [0.2, 0.25) is 0 Å². The maximum Gasteiger partial charge on any atom is 0.323 e. The highest BCUT2D eigenvalue weighted by molar-refractivity contribution is 6.07. The summed E-state index contributed by atoms with van der Waals surface area (Å²) in [5.41, 5.74) is 1.27. The van der Waals surface area contributed by atoms with E-state index in [4.69, 9.17) is 5.11 Å². The van der Waals surface area contributed by atoms with Crippen molar-refractivity contribution in [2.45, 2.75) is 19.9 Å². The number of fused-ring (bicyclic) bond motifs is 1. The number of para-hydroxylation sites is 1. The highest BCUT2D eigenvalue weighted by Crippen LogP contribution is 2.21. The van der Waals surface area contributed by atoms with Crippen molar-refractivity contribution in [2.75, 3.05) is 6.54 Å². The van der Waals surface area contributed by atoms with Gasteiger partial charge in [-0.1, -0.05) is 25.1 Å². The Morgan fingerprint density at radius 1 is 1.32 bits per heavy atom. The van der Waals surface area contributed by atoms with Crippen molar-refractivity contribution in [3.05, 3.63) is 36.0 Å². The number of carbonyl (C=O) groups excluding carboxylic acids is 1. The number of aliphatic carboxylic acids is 1. The van der Waals surface area contributed by atoms with Crippen molar-refractivity contribution in [2.24, 2.45) is 0 Å². The van der Waals surface area contributed by atoms with Gasteiger partial charge in [0.15, 0.2) is 0 Å². The number of aromatic nitrogens is 1. The van der Waals surface area contributed by atoms with Crippen LogP contribution in [0.4, 0.5) is 0 Å². The summed E-state index contributed by atoms with van der Waals surface area (Å²) < 4.78 is 1.58. The van der Waals surface area contributed by atoms with Crippen LogP contribution >= 0.6 is 0 Å². The van der Waals surface area contributed by atoms with E-state index in [0.717, 1.165) is 17.3 Å². The van der Waals surface area contributed by atoms with Gasteiger partial charge in [-0.15, -0.1) is 0 Å². The Morgan fingerprint density at radius 2 is 2.05 bits per heavy atom. The fourth-order valence-corrected chi connectivity index (χ4v) is 2.04. The molecule has 0 aliphatic heterocycles. The highest BCUT2D eigenvalue weighted by Gasteiger charge is 2.15. The maximum atomic E-state index is 12.0. The van der Waals surface area contributed by atoms with E-state index < -0.39 is 5.97 Å². The van der Waals surface area contributed by atoms with Crippen molar-refractivity contribution < 1.29 is 14.7 Å². The van der Waals surface area contributed by atoms with Crippen molar-refractivity contribution in [1.82, 2.24) is 9.88 Å². The first kappa shape index (κ1) is 13.1. The van der Waals surface area contributed by atoms with Crippen LogP contribution in [0, 0.1) is 0 Å². The van der Waals surface area contributed by atoms with E-state index in [1.54, 1.807) is 10.8 Å². The number of hydrogen-bond donors (Lipinski definition) is 2. The van der Waals surface area contributed by atoms with E-state index in [0.29, 0.717) is 12.1 Å². The van der Waals surface area contributed by atoms with Crippen LogP contribution in [0.25, 0.3) is 10.9 Å². The average Bonchev–Trinajstić information content (AvgIpc) is 2.75. The summed E-state index contributed by atoms with van der Waals surface area (Å²) in [6.45, 7) is 2.44. The second-order valence-electron chi connectivity index (χ2n) is 4.34. The molecule has 1 heterocycles.